The van der Waals surface area contributed by atoms with Gasteiger partial charge in [-0.15, -0.1) is 11.3 Å². The first kappa shape index (κ1) is 20.3. The molecule has 3 N–H and O–H groups in total. The Kier molecular flexibility index (Phi) is 6.10. The molecular formula is C21H19N3O4S. The number of methoxy groups -OCH3 is 1. The minimum absolute atomic E-state index is 0.127. The van der Waals surface area contributed by atoms with Crippen molar-refractivity contribution in [3.05, 3.63) is 57.0 Å². The maximum atomic E-state index is 12.6. The molecule has 0 atom stereocenters. The summed E-state index contributed by atoms with van der Waals surface area (Å²) in [6, 6.07) is 8.18. The summed E-state index contributed by atoms with van der Waals surface area (Å²) in [5.74, 6) is -1.68. The summed E-state index contributed by atoms with van der Waals surface area (Å²) >= 11 is 1.34. The average molecular weight is 409 g/mol. The average Bonchev–Trinajstić information content (AvgIpc) is 3.09. The van der Waals surface area contributed by atoms with Gasteiger partial charge in [0.05, 0.1) is 18.2 Å². The van der Waals surface area contributed by atoms with Crippen molar-refractivity contribution < 1.29 is 19.1 Å². The van der Waals surface area contributed by atoms with Crippen LogP contribution in [0.1, 0.15) is 49.6 Å². The Morgan fingerprint density at radius 2 is 1.90 bits per heavy atom. The Hall–Kier alpha value is -3.44. The van der Waals surface area contributed by atoms with Gasteiger partial charge in [0.25, 0.3) is 11.8 Å². The van der Waals surface area contributed by atoms with Crippen LogP contribution in [0.3, 0.4) is 0 Å². The Balaban J connectivity index is 1.85. The number of benzene rings is 1. The van der Waals surface area contributed by atoms with Crippen molar-refractivity contribution >= 4 is 40.2 Å². The molecule has 0 saturated carbocycles. The van der Waals surface area contributed by atoms with Crippen molar-refractivity contribution in [2.75, 3.05) is 12.4 Å². The van der Waals surface area contributed by atoms with Crippen LogP contribution in [-0.2, 0) is 22.4 Å². The molecule has 148 valence electrons. The summed E-state index contributed by atoms with van der Waals surface area (Å²) in [6.07, 6.45) is 5.03. The minimum Gasteiger partial charge on any atom is -0.465 e. The molecule has 0 bridgehead atoms. The number of carbonyl (C=O) groups excluding carboxylic acids is 3. The fourth-order valence-corrected chi connectivity index (χ4v) is 4.52. The number of nitrogens with one attached hydrogen (secondary N) is 1. The lowest BCUT2D eigenvalue weighted by Gasteiger charge is -2.11. The largest absolute Gasteiger partial charge is 0.465 e. The van der Waals surface area contributed by atoms with E-state index in [1.54, 1.807) is 24.3 Å². The second-order valence-electron chi connectivity index (χ2n) is 6.52. The Morgan fingerprint density at radius 1 is 1.21 bits per heavy atom. The molecule has 1 aromatic carbocycles. The van der Waals surface area contributed by atoms with Crippen LogP contribution in [0.4, 0.5) is 5.00 Å². The van der Waals surface area contributed by atoms with E-state index in [1.807, 2.05) is 6.07 Å². The third-order valence-corrected chi connectivity index (χ3v) is 5.86. The molecule has 0 saturated heterocycles. The molecule has 1 aliphatic rings. The van der Waals surface area contributed by atoms with Crippen LogP contribution in [0.15, 0.2) is 29.8 Å². The minimum atomic E-state index is -0.620. The summed E-state index contributed by atoms with van der Waals surface area (Å²) in [7, 11) is 1.29. The molecule has 0 unspecified atom stereocenters. The molecular weight excluding hydrogens is 390 g/mol. The van der Waals surface area contributed by atoms with Gasteiger partial charge in [-0.1, -0.05) is 12.1 Å². The highest BCUT2D eigenvalue weighted by Gasteiger charge is 2.25. The van der Waals surface area contributed by atoms with Crippen LogP contribution in [0.2, 0.25) is 0 Å². The van der Waals surface area contributed by atoms with Gasteiger partial charge in [-0.05, 0) is 55.0 Å². The zero-order valence-electron chi connectivity index (χ0n) is 15.8. The van der Waals surface area contributed by atoms with E-state index in [9.17, 15) is 19.6 Å². The first-order valence-electron chi connectivity index (χ1n) is 9.00. The first-order chi connectivity index (χ1) is 13.9. The van der Waals surface area contributed by atoms with Crippen molar-refractivity contribution in [3.8, 4) is 6.07 Å². The number of fused-ring (bicyclic) bond motifs is 1. The summed E-state index contributed by atoms with van der Waals surface area (Å²) < 4.78 is 4.64. The number of esters is 1. The predicted molar refractivity (Wildman–Crippen MR) is 109 cm³/mol. The number of hydrogen-bond acceptors (Lipinski definition) is 6. The van der Waals surface area contributed by atoms with E-state index in [2.05, 4.69) is 10.1 Å². The predicted octanol–water partition coefficient (Wildman–Crippen LogP) is 3.06. The molecule has 1 heterocycles. The number of nitriles is 1. The molecule has 0 radical (unpaired) electrons. The van der Waals surface area contributed by atoms with Gasteiger partial charge < -0.3 is 15.8 Å². The van der Waals surface area contributed by atoms with Crippen LogP contribution in [0.5, 0.6) is 0 Å². The van der Waals surface area contributed by atoms with Gasteiger partial charge in [0.15, 0.2) is 0 Å². The highest BCUT2D eigenvalue weighted by molar-refractivity contribution is 7.17. The molecule has 3 rings (SSSR count). The number of rotatable bonds is 5. The van der Waals surface area contributed by atoms with Gasteiger partial charge in [-0.25, -0.2) is 4.79 Å². The first-order valence-corrected chi connectivity index (χ1v) is 9.82. The number of nitrogens with zero attached hydrogens (tertiary/aromatic N) is 1. The fraction of sp³-hybridized carbons (Fsp3) is 0.238. The van der Waals surface area contributed by atoms with E-state index in [-0.39, 0.29) is 5.57 Å². The SMILES string of the molecule is COC(=O)c1ccc(/C=C(\C#N)C(=O)Nc2sc3c(c2C(N)=O)CCCC3)cc1. The summed E-state index contributed by atoms with van der Waals surface area (Å²) in [4.78, 5) is 37.1. The van der Waals surface area contributed by atoms with Crippen LogP contribution < -0.4 is 11.1 Å². The number of thiophene rings is 1. The molecule has 1 aliphatic carbocycles. The van der Waals surface area contributed by atoms with E-state index < -0.39 is 17.8 Å². The monoisotopic (exact) mass is 409 g/mol. The second-order valence-corrected chi connectivity index (χ2v) is 7.62. The third-order valence-electron chi connectivity index (χ3n) is 4.65. The van der Waals surface area contributed by atoms with Gasteiger partial charge in [-0.2, -0.15) is 5.26 Å². The van der Waals surface area contributed by atoms with Crippen LogP contribution in [0.25, 0.3) is 6.08 Å². The number of carbonyl (C=O) groups is 3. The smallest absolute Gasteiger partial charge is 0.337 e. The van der Waals surface area contributed by atoms with Crippen LogP contribution in [0, 0.1) is 11.3 Å². The Bertz CT molecular complexity index is 1050. The lowest BCUT2D eigenvalue weighted by Crippen LogP contribution is -2.19. The lowest BCUT2D eigenvalue weighted by molar-refractivity contribution is -0.112. The van der Waals surface area contributed by atoms with Gasteiger partial charge in [0.2, 0.25) is 0 Å². The molecule has 0 aliphatic heterocycles. The quantitative estimate of drug-likeness (QED) is 0.446. The number of aryl methyl sites for hydroxylation is 1. The molecule has 29 heavy (non-hydrogen) atoms. The van der Waals surface area contributed by atoms with E-state index >= 15 is 0 Å². The molecule has 2 aromatic rings. The standard InChI is InChI=1S/C21H19N3O4S/c1-28-21(27)13-8-6-12(7-9-13)10-14(11-22)19(26)24-20-17(18(23)25)15-4-2-3-5-16(15)29-20/h6-10H,2-5H2,1H3,(H2,23,25)(H,24,26)/b14-10+. The van der Waals surface area contributed by atoms with Gasteiger partial charge >= 0.3 is 5.97 Å². The second kappa shape index (κ2) is 8.71. The topological polar surface area (TPSA) is 122 Å². The molecule has 7 nitrogen and oxygen atoms in total. The lowest BCUT2D eigenvalue weighted by atomic mass is 9.95. The van der Waals surface area contributed by atoms with E-state index in [0.29, 0.717) is 21.7 Å². The summed E-state index contributed by atoms with van der Waals surface area (Å²) in [6.45, 7) is 0. The maximum absolute atomic E-state index is 12.6. The van der Waals surface area contributed by atoms with Crippen LogP contribution >= 0.6 is 11.3 Å². The maximum Gasteiger partial charge on any atom is 0.337 e. The molecule has 2 amide bonds. The molecule has 1 aromatic heterocycles. The highest BCUT2D eigenvalue weighted by Crippen LogP contribution is 2.38. The Labute approximate surface area is 171 Å². The zero-order valence-corrected chi connectivity index (χ0v) is 16.6. The van der Waals surface area contributed by atoms with Gasteiger partial charge in [0, 0.05) is 4.88 Å². The molecule has 8 heteroatoms. The molecule has 0 spiro atoms. The van der Waals surface area contributed by atoms with Crippen molar-refractivity contribution in [2.45, 2.75) is 25.7 Å². The van der Waals surface area contributed by atoms with Gasteiger partial charge in [0.1, 0.15) is 16.6 Å². The van der Waals surface area contributed by atoms with E-state index in [4.69, 9.17) is 5.73 Å². The van der Waals surface area contributed by atoms with Crippen molar-refractivity contribution in [2.24, 2.45) is 5.73 Å². The fourth-order valence-electron chi connectivity index (χ4n) is 3.23. The van der Waals surface area contributed by atoms with Crippen molar-refractivity contribution in [1.29, 1.82) is 5.26 Å². The number of nitrogens with two attached hydrogens (primary N) is 1. The summed E-state index contributed by atoms with van der Waals surface area (Å²) in [5, 5.41) is 12.5. The van der Waals surface area contributed by atoms with E-state index in [1.165, 1.54) is 24.5 Å². The van der Waals surface area contributed by atoms with Crippen molar-refractivity contribution in [1.82, 2.24) is 0 Å². The van der Waals surface area contributed by atoms with E-state index in [0.717, 1.165) is 36.1 Å². The zero-order chi connectivity index (χ0) is 21.0. The number of hydrogen-bond donors (Lipinski definition) is 2. The van der Waals surface area contributed by atoms with Crippen LogP contribution in [-0.4, -0.2) is 24.9 Å². The summed E-state index contributed by atoms with van der Waals surface area (Å²) in [5.41, 5.74) is 7.60. The van der Waals surface area contributed by atoms with Gasteiger partial charge in [-0.3, -0.25) is 9.59 Å². The number of ether oxygens (including phenoxy) is 1. The number of amides is 2. The number of anilines is 1. The number of primary amides is 1. The Morgan fingerprint density at radius 3 is 2.52 bits per heavy atom. The third kappa shape index (κ3) is 4.36. The normalized spacial score (nSPS) is 13.2. The highest BCUT2D eigenvalue weighted by atomic mass is 32.1. The van der Waals surface area contributed by atoms with Crippen molar-refractivity contribution in [3.63, 3.8) is 0 Å². The molecule has 0 fully saturated rings.